The molecule has 3 heteroatoms. The zero-order valence-corrected chi connectivity index (χ0v) is 8.23. The van der Waals surface area contributed by atoms with Crippen molar-refractivity contribution in [2.75, 3.05) is 12.3 Å². The van der Waals surface area contributed by atoms with Gasteiger partial charge in [-0.25, -0.2) is 0 Å². The second-order valence-electron chi connectivity index (χ2n) is 3.17. The first-order valence-corrected chi connectivity index (χ1v) is 4.49. The molecular formula is C7H16ClNS. The SMILES string of the molecule is CC1(C)SCCC1CN.Cl. The molecule has 0 saturated carbocycles. The molecule has 1 rings (SSSR count). The normalized spacial score (nSPS) is 29.7. The Kier molecular flexibility index (Phi) is 4.07. The molecule has 0 aliphatic carbocycles. The lowest BCUT2D eigenvalue weighted by Crippen LogP contribution is -2.28. The molecule has 1 heterocycles. The van der Waals surface area contributed by atoms with E-state index in [-0.39, 0.29) is 12.4 Å². The highest BCUT2D eigenvalue weighted by atomic mass is 35.5. The van der Waals surface area contributed by atoms with Gasteiger partial charge in [0.1, 0.15) is 0 Å². The van der Waals surface area contributed by atoms with Crippen LogP contribution in [0.3, 0.4) is 0 Å². The molecule has 1 aliphatic heterocycles. The summed E-state index contributed by atoms with van der Waals surface area (Å²) in [5, 5.41) is 0. The predicted octanol–water partition coefficient (Wildman–Crippen LogP) is 1.90. The molecule has 1 unspecified atom stereocenters. The quantitative estimate of drug-likeness (QED) is 0.669. The summed E-state index contributed by atoms with van der Waals surface area (Å²) in [5.74, 6) is 2.05. The van der Waals surface area contributed by atoms with Crippen molar-refractivity contribution < 1.29 is 0 Å². The van der Waals surface area contributed by atoms with Gasteiger partial charge in [-0.3, -0.25) is 0 Å². The van der Waals surface area contributed by atoms with E-state index in [0.29, 0.717) is 4.75 Å². The highest BCUT2D eigenvalue weighted by Crippen LogP contribution is 2.41. The zero-order chi connectivity index (χ0) is 6.91. The number of rotatable bonds is 1. The maximum atomic E-state index is 5.60. The average Bonchev–Trinajstić information content (AvgIpc) is 2.08. The summed E-state index contributed by atoms with van der Waals surface area (Å²) < 4.78 is 0.453. The van der Waals surface area contributed by atoms with E-state index in [1.807, 2.05) is 0 Å². The van der Waals surface area contributed by atoms with Crippen LogP contribution >= 0.6 is 24.2 Å². The van der Waals surface area contributed by atoms with Crippen molar-refractivity contribution in [1.29, 1.82) is 0 Å². The molecule has 1 nitrogen and oxygen atoms in total. The van der Waals surface area contributed by atoms with Gasteiger partial charge in [-0.2, -0.15) is 11.8 Å². The summed E-state index contributed by atoms with van der Waals surface area (Å²) in [6, 6.07) is 0. The van der Waals surface area contributed by atoms with Crippen LogP contribution in [-0.4, -0.2) is 17.0 Å². The Labute approximate surface area is 73.5 Å². The Morgan fingerprint density at radius 3 is 2.40 bits per heavy atom. The summed E-state index contributed by atoms with van der Waals surface area (Å²) in [5.41, 5.74) is 5.60. The van der Waals surface area contributed by atoms with Crippen LogP contribution in [0.25, 0.3) is 0 Å². The summed E-state index contributed by atoms with van der Waals surface area (Å²) >= 11 is 2.05. The van der Waals surface area contributed by atoms with Gasteiger partial charge in [-0.15, -0.1) is 12.4 Å². The van der Waals surface area contributed by atoms with Crippen molar-refractivity contribution in [3.8, 4) is 0 Å². The Hall–Kier alpha value is 0.600. The third-order valence-electron chi connectivity index (χ3n) is 2.21. The van der Waals surface area contributed by atoms with Crippen LogP contribution in [0.4, 0.5) is 0 Å². The van der Waals surface area contributed by atoms with Gasteiger partial charge in [0, 0.05) is 4.75 Å². The molecule has 0 bridgehead atoms. The molecule has 1 fully saturated rings. The van der Waals surface area contributed by atoms with Crippen LogP contribution in [0, 0.1) is 5.92 Å². The van der Waals surface area contributed by atoms with Gasteiger partial charge >= 0.3 is 0 Å². The molecular weight excluding hydrogens is 166 g/mol. The molecule has 1 aliphatic rings. The van der Waals surface area contributed by atoms with Crippen LogP contribution < -0.4 is 5.73 Å². The van der Waals surface area contributed by atoms with Crippen molar-refractivity contribution in [3.05, 3.63) is 0 Å². The van der Waals surface area contributed by atoms with Gasteiger partial charge in [0.05, 0.1) is 0 Å². The second-order valence-corrected chi connectivity index (χ2v) is 4.92. The first-order chi connectivity index (χ1) is 4.17. The highest BCUT2D eigenvalue weighted by molar-refractivity contribution is 8.00. The van der Waals surface area contributed by atoms with Gasteiger partial charge < -0.3 is 5.73 Å². The van der Waals surface area contributed by atoms with Crippen LogP contribution in [0.5, 0.6) is 0 Å². The lowest BCUT2D eigenvalue weighted by atomic mass is 9.93. The minimum atomic E-state index is 0. The molecule has 0 aromatic carbocycles. The molecule has 0 aromatic heterocycles. The Morgan fingerprint density at radius 2 is 2.20 bits per heavy atom. The molecule has 0 spiro atoms. The summed E-state index contributed by atoms with van der Waals surface area (Å²) in [6.07, 6.45) is 1.31. The van der Waals surface area contributed by atoms with Crippen LogP contribution in [-0.2, 0) is 0 Å². The average molecular weight is 182 g/mol. The van der Waals surface area contributed by atoms with Crippen molar-refractivity contribution >= 4 is 24.2 Å². The maximum Gasteiger partial charge on any atom is 0.0144 e. The smallest absolute Gasteiger partial charge is 0.0144 e. The van der Waals surface area contributed by atoms with Crippen molar-refractivity contribution in [1.82, 2.24) is 0 Å². The Bertz CT molecular complexity index is 106. The minimum Gasteiger partial charge on any atom is -0.330 e. The van der Waals surface area contributed by atoms with E-state index in [4.69, 9.17) is 5.73 Å². The molecule has 0 radical (unpaired) electrons. The third kappa shape index (κ3) is 2.04. The van der Waals surface area contributed by atoms with Crippen LogP contribution in [0.2, 0.25) is 0 Å². The number of nitrogens with two attached hydrogens (primary N) is 1. The molecule has 0 aromatic rings. The van der Waals surface area contributed by atoms with E-state index in [1.54, 1.807) is 0 Å². The fourth-order valence-electron chi connectivity index (χ4n) is 1.33. The van der Waals surface area contributed by atoms with Gasteiger partial charge in [0.25, 0.3) is 0 Å². The largest absolute Gasteiger partial charge is 0.330 e. The topological polar surface area (TPSA) is 26.0 Å². The van der Waals surface area contributed by atoms with E-state index >= 15 is 0 Å². The third-order valence-corrected chi connectivity index (χ3v) is 3.73. The maximum absolute atomic E-state index is 5.60. The van der Waals surface area contributed by atoms with Gasteiger partial charge in [0.2, 0.25) is 0 Å². The van der Waals surface area contributed by atoms with E-state index in [2.05, 4.69) is 25.6 Å². The van der Waals surface area contributed by atoms with E-state index in [0.717, 1.165) is 12.5 Å². The fourth-order valence-corrected chi connectivity index (χ4v) is 2.71. The molecule has 2 N–H and O–H groups in total. The minimum absolute atomic E-state index is 0. The Morgan fingerprint density at radius 1 is 1.60 bits per heavy atom. The standard InChI is InChI=1S/C7H15NS.ClH/c1-7(2)6(5-8)3-4-9-7;/h6H,3-5,8H2,1-2H3;1H. The molecule has 1 atom stereocenters. The van der Waals surface area contributed by atoms with E-state index < -0.39 is 0 Å². The number of thioether (sulfide) groups is 1. The van der Waals surface area contributed by atoms with Crippen molar-refractivity contribution in [2.24, 2.45) is 11.7 Å². The lowest BCUT2D eigenvalue weighted by molar-refractivity contribution is 0.446. The van der Waals surface area contributed by atoms with Gasteiger partial charge in [0.15, 0.2) is 0 Å². The van der Waals surface area contributed by atoms with E-state index in [9.17, 15) is 0 Å². The van der Waals surface area contributed by atoms with Crippen molar-refractivity contribution in [3.63, 3.8) is 0 Å². The second kappa shape index (κ2) is 3.84. The first kappa shape index (κ1) is 10.6. The predicted molar refractivity (Wildman–Crippen MR) is 50.9 cm³/mol. The van der Waals surface area contributed by atoms with Crippen LogP contribution in [0.1, 0.15) is 20.3 Å². The lowest BCUT2D eigenvalue weighted by Gasteiger charge is -2.23. The summed E-state index contributed by atoms with van der Waals surface area (Å²) in [6.45, 7) is 5.45. The molecule has 1 saturated heterocycles. The van der Waals surface area contributed by atoms with E-state index in [1.165, 1.54) is 12.2 Å². The number of halogens is 1. The highest BCUT2D eigenvalue weighted by Gasteiger charge is 2.33. The summed E-state index contributed by atoms with van der Waals surface area (Å²) in [7, 11) is 0. The monoisotopic (exact) mass is 181 g/mol. The summed E-state index contributed by atoms with van der Waals surface area (Å²) in [4.78, 5) is 0. The molecule has 0 amide bonds. The van der Waals surface area contributed by atoms with Crippen LogP contribution in [0.15, 0.2) is 0 Å². The Balaban J connectivity index is 0.000000810. The number of hydrogen-bond donors (Lipinski definition) is 1. The fraction of sp³-hybridized carbons (Fsp3) is 1.00. The molecule has 10 heavy (non-hydrogen) atoms. The zero-order valence-electron chi connectivity index (χ0n) is 6.59. The van der Waals surface area contributed by atoms with Gasteiger partial charge in [-0.1, -0.05) is 13.8 Å². The first-order valence-electron chi connectivity index (χ1n) is 3.51. The number of hydrogen-bond acceptors (Lipinski definition) is 2. The molecule has 62 valence electrons. The van der Waals surface area contributed by atoms with Crippen molar-refractivity contribution in [2.45, 2.75) is 25.0 Å². The van der Waals surface area contributed by atoms with Gasteiger partial charge in [-0.05, 0) is 24.6 Å².